The third-order valence-electron chi connectivity index (χ3n) is 1.99. The van der Waals surface area contributed by atoms with Crippen molar-refractivity contribution < 1.29 is 13.5 Å². The Hall–Kier alpha value is -1.22. The van der Waals surface area contributed by atoms with E-state index in [-0.39, 0.29) is 17.4 Å². The molecule has 0 aliphatic rings. The van der Waals surface area contributed by atoms with E-state index in [0.717, 1.165) is 0 Å². The minimum absolute atomic E-state index is 0.0152. The molecule has 0 fully saturated rings. The summed E-state index contributed by atoms with van der Waals surface area (Å²) in [4.78, 5) is 3.76. The van der Waals surface area contributed by atoms with Crippen molar-refractivity contribution in [3.05, 3.63) is 23.0 Å². The van der Waals surface area contributed by atoms with Gasteiger partial charge in [0, 0.05) is 17.0 Å². The molecule has 0 unspecified atom stereocenters. The number of aromatic nitrogens is 1. The minimum atomic E-state index is -2.68. The first-order chi connectivity index (χ1) is 7.63. The molecule has 0 saturated carbocycles. The topological polar surface area (TPSA) is 45.9 Å². The van der Waals surface area contributed by atoms with E-state index in [2.05, 4.69) is 20.9 Å². The summed E-state index contributed by atoms with van der Waals surface area (Å²) < 4.78 is 30.5. The fourth-order valence-electron chi connectivity index (χ4n) is 1.29. The highest BCUT2D eigenvalue weighted by molar-refractivity contribution is 9.08. The molecule has 0 aliphatic carbocycles. The van der Waals surface area contributed by atoms with Gasteiger partial charge in [-0.05, 0) is 0 Å². The average Bonchev–Trinajstić information content (AvgIpc) is 2.28. The van der Waals surface area contributed by atoms with Gasteiger partial charge in [-0.3, -0.25) is 4.98 Å². The van der Waals surface area contributed by atoms with Crippen LogP contribution < -0.4 is 4.74 Å². The molecule has 0 spiro atoms. The van der Waals surface area contributed by atoms with Gasteiger partial charge in [-0.25, -0.2) is 8.78 Å². The smallest absolute Gasteiger partial charge is 0.280 e. The normalized spacial score (nSPS) is 10.2. The molecule has 86 valence electrons. The van der Waals surface area contributed by atoms with Crippen LogP contribution in [0.25, 0.3) is 0 Å². The van der Waals surface area contributed by atoms with Crippen molar-refractivity contribution in [1.29, 1.82) is 5.26 Å². The molecule has 0 aliphatic heterocycles. The van der Waals surface area contributed by atoms with E-state index in [0.29, 0.717) is 17.0 Å². The van der Waals surface area contributed by atoms with E-state index in [1.54, 1.807) is 0 Å². The lowest BCUT2D eigenvalue weighted by Crippen LogP contribution is -2.03. The van der Waals surface area contributed by atoms with Gasteiger partial charge in [-0.15, -0.1) is 0 Å². The first kappa shape index (κ1) is 12.8. The van der Waals surface area contributed by atoms with Crippen molar-refractivity contribution in [3.8, 4) is 11.8 Å². The van der Waals surface area contributed by atoms with Crippen LogP contribution in [0.4, 0.5) is 8.78 Å². The van der Waals surface area contributed by atoms with Crippen molar-refractivity contribution in [2.75, 3.05) is 7.11 Å². The molecule has 0 atom stereocenters. The van der Waals surface area contributed by atoms with Gasteiger partial charge < -0.3 is 4.74 Å². The van der Waals surface area contributed by atoms with E-state index >= 15 is 0 Å². The summed E-state index contributed by atoms with van der Waals surface area (Å²) in [5.41, 5.74) is 0.278. The summed E-state index contributed by atoms with van der Waals surface area (Å²) in [6.45, 7) is 0. The molecule has 0 amide bonds. The highest BCUT2D eigenvalue weighted by Crippen LogP contribution is 2.31. The summed E-state index contributed by atoms with van der Waals surface area (Å²) in [5.74, 6) is 0.326. The second-order valence-electron chi connectivity index (χ2n) is 2.95. The average molecular weight is 291 g/mol. The number of alkyl halides is 3. The zero-order valence-electron chi connectivity index (χ0n) is 8.51. The predicted octanol–water partition coefficient (Wildman–Crippen LogP) is 2.99. The molecule has 1 aromatic rings. The first-order valence-electron chi connectivity index (χ1n) is 4.41. The molecule has 3 nitrogen and oxygen atoms in total. The number of hydrogen-bond acceptors (Lipinski definition) is 3. The van der Waals surface area contributed by atoms with Gasteiger partial charge in [0.05, 0.1) is 25.3 Å². The van der Waals surface area contributed by atoms with Crippen LogP contribution in [-0.2, 0) is 11.8 Å². The number of hydrogen-bond donors (Lipinski definition) is 0. The van der Waals surface area contributed by atoms with Crippen LogP contribution in [0.3, 0.4) is 0 Å². The van der Waals surface area contributed by atoms with Crippen molar-refractivity contribution in [2.24, 2.45) is 0 Å². The standard InChI is InChI=1S/C10H9BrF2N2O/c1-16-8-4-6(2-3-14)15-9(10(12)13)7(8)5-11/h4,10H,2,5H2,1H3. The Labute approximate surface area is 100 Å². The minimum Gasteiger partial charge on any atom is -0.496 e. The largest absolute Gasteiger partial charge is 0.496 e. The Balaban J connectivity index is 3.32. The van der Waals surface area contributed by atoms with Crippen LogP contribution in [0.1, 0.15) is 23.4 Å². The van der Waals surface area contributed by atoms with Crippen LogP contribution in [0, 0.1) is 11.3 Å². The number of halogens is 3. The van der Waals surface area contributed by atoms with Gasteiger partial charge in [-0.1, -0.05) is 15.9 Å². The lowest BCUT2D eigenvalue weighted by Gasteiger charge is -2.12. The van der Waals surface area contributed by atoms with E-state index in [1.165, 1.54) is 13.2 Å². The van der Waals surface area contributed by atoms with Crippen LogP contribution >= 0.6 is 15.9 Å². The summed E-state index contributed by atoms with van der Waals surface area (Å²) in [6, 6.07) is 3.37. The van der Waals surface area contributed by atoms with Crippen molar-refractivity contribution in [1.82, 2.24) is 4.98 Å². The van der Waals surface area contributed by atoms with Gasteiger partial charge in [0.1, 0.15) is 11.4 Å². The molecular weight excluding hydrogens is 282 g/mol. The molecule has 0 saturated heterocycles. The monoisotopic (exact) mass is 290 g/mol. The molecule has 0 bridgehead atoms. The van der Waals surface area contributed by atoms with Crippen LogP contribution in [0.2, 0.25) is 0 Å². The molecule has 1 aromatic heterocycles. The maximum Gasteiger partial charge on any atom is 0.280 e. The molecule has 6 heteroatoms. The van der Waals surface area contributed by atoms with E-state index in [4.69, 9.17) is 10.00 Å². The van der Waals surface area contributed by atoms with Gasteiger partial charge in [0.25, 0.3) is 6.43 Å². The molecule has 16 heavy (non-hydrogen) atoms. The molecule has 1 heterocycles. The Bertz CT molecular complexity index is 418. The maximum atomic E-state index is 12.7. The number of ether oxygens (including phenoxy) is 1. The van der Waals surface area contributed by atoms with Gasteiger partial charge in [-0.2, -0.15) is 5.26 Å². The fourth-order valence-corrected chi connectivity index (χ4v) is 1.85. The lowest BCUT2D eigenvalue weighted by atomic mass is 10.1. The molecule has 0 N–H and O–H groups in total. The third kappa shape index (κ3) is 2.67. The van der Waals surface area contributed by atoms with Crippen molar-refractivity contribution in [3.63, 3.8) is 0 Å². The summed E-state index contributed by atoms with van der Waals surface area (Å²) in [6.07, 6.45) is -2.70. The second kappa shape index (κ2) is 5.75. The van der Waals surface area contributed by atoms with Crippen LogP contribution in [-0.4, -0.2) is 12.1 Å². The van der Waals surface area contributed by atoms with Gasteiger partial charge in [0.15, 0.2) is 0 Å². The summed E-state index contributed by atoms with van der Waals surface area (Å²) in [5, 5.41) is 8.74. The zero-order valence-corrected chi connectivity index (χ0v) is 10.1. The number of rotatable bonds is 4. The van der Waals surface area contributed by atoms with E-state index < -0.39 is 6.43 Å². The van der Waals surface area contributed by atoms with Gasteiger partial charge in [0.2, 0.25) is 0 Å². The molecule has 0 aromatic carbocycles. The quantitative estimate of drug-likeness (QED) is 0.801. The molecular formula is C10H9BrF2N2O. The Morgan fingerprint density at radius 3 is 2.75 bits per heavy atom. The fraction of sp³-hybridized carbons (Fsp3) is 0.400. The highest BCUT2D eigenvalue weighted by Gasteiger charge is 2.19. The number of nitriles is 1. The highest BCUT2D eigenvalue weighted by atomic mass is 79.9. The second-order valence-corrected chi connectivity index (χ2v) is 3.51. The lowest BCUT2D eigenvalue weighted by molar-refractivity contribution is 0.144. The van der Waals surface area contributed by atoms with Crippen LogP contribution in [0.15, 0.2) is 6.07 Å². The maximum absolute atomic E-state index is 12.7. The molecule has 1 rings (SSSR count). The predicted molar refractivity (Wildman–Crippen MR) is 57.7 cm³/mol. The summed E-state index contributed by atoms with van der Waals surface area (Å²) in [7, 11) is 1.40. The van der Waals surface area contributed by atoms with Crippen molar-refractivity contribution >= 4 is 15.9 Å². The first-order valence-corrected chi connectivity index (χ1v) is 5.54. The zero-order chi connectivity index (χ0) is 12.1. The van der Waals surface area contributed by atoms with Crippen molar-refractivity contribution in [2.45, 2.75) is 18.2 Å². The number of pyridine rings is 1. The third-order valence-corrected chi connectivity index (χ3v) is 2.55. The number of nitrogens with zero attached hydrogens (tertiary/aromatic N) is 2. The Morgan fingerprint density at radius 1 is 1.62 bits per heavy atom. The number of methoxy groups -OCH3 is 1. The Kier molecular flexibility index (Phi) is 4.62. The Morgan fingerprint density at radius 2 is 2.31 bits per heavy atom. The van der Waals surface area contributed by atoms with Gasteiger partial charge >= 0.3 is 0 Å². The summed E-state index contributed by atoms with van der Waals surface area (Å²) >= 11 is 3.11. The van der Waals surface area contributed by atoms with E-state index in [1.807, 2.05) is 6.07 Å². The molecule has 0 radical (unpaired) electrons. The van der Waals surface area contributed by atoms with Crippen LogP contribution in [0.5, 0.6) is 5.75 Å². The SMILES string of the molecule is COc1cc(CC#N)nc(C(F)F)c1CBr. The van der Waals surface area contributed by atoms with E-state index in [9.17, 15) is 8.78 Å².